The van der Waals surface area contributed by atoms with E-state index in [0.29, 0.717) is 11.5 Å². The van der Waals surface area contributed by atoms with E-state index in [1.807, 2.05) is 4.90 Å². The molecule has 0 fully saturated rings. The lowest BCUT2D eigenvalue weighted by molar-refractivity contribution is 0.0750. The molecule has 16 heavy (non-hydrogen) atoms. The fourth-order valence-corrected chi connectivity index (χ4v) is 1.59. The van der Waals surface area contributed by atoms with Gasteiger partial charge in [-0.25, -0.2) is 4.98 Å². The number of carbonyl (C=O) groups is 1. The van der Waals surface area contributed by atoms with E-state index in [-0.39, 0.29) is 5.91 Å². The molecule has 1 heterocycles. The Morgan fingerprint density at radius 2 is 1.94 bits per heavy atom. The summed E-state index contributed by atoms with van der Waals surface area (Å²) in [5.41, 5.74) is 5.99. The zero-order chi connectivity index (χ0) is 12.0. The van der Waals surface area contributed by atoms with Crippen LogP contribution in [0.1, 0.15) is 37.2 Å². The number of aromatic nitrogens is 1. The molecule has 0 saturated carbocycles. The monoisotopic (exact) mass is 221 g/mol. The van der Waals surface area contributed by atoms with Crippen molar-refractivity contribution in [1.29, 1.82) is 0 Å². The fraction of sp³-hybridized carbons (Fsp3) is 0.500. The van der Waals surface area contributed by atoms with Crippen molar-refractivity contribution in [2.75, 3.05) is 18.8 Å². The Bertz CT molecular complexity index is 346. The highest BCUT2D eigenvalue weighted by Crippen LogP contribution is 2.06. The minimum atomic E-state index is -0.0315. The van der Waals surface area contributed by atoms with Gasteiger partial charge in [0.1, 0.15) is 11.5 Å². The lowest BCUT2D eigenvalue weighted by Crippen LogP contribution is -2.33. The first-order chi connectivity index (χ1) is 7.69. The van der Waals surface area contributed by atoms with Crippen LogP contribution >= 0.6 is 0 Å². The maximum atomic E-state index is 12.1. The first kappa shape index (κ1) is 12.5. The molecule has 88 valence electrons. The number of nitrogens with zero attached hydrogens (tertiary/aromatic N) is 2. The van der Waals surface area contributed by atoms with E-state index in [1.165, 1.54) is 0 Å². The molecule has 2 N–H and O–H groups in total. The van der Waals surface area contributed by atoms with E-state index in [0.717, 1.165) is 25.9 Å². The highest BCUT2D eigenvalue weighted by molar-refractivity contribution is 5.92. The summed E-state index contributed by atoms with van der Waals surface area (Å²) in [7, 11) is 0. The smallest absolute Gasteiger partial charge is 0.272 e. The van der Waals surface area contributed by atoms with Crippen molar-refractivity contribution >= 4 is 11.7 Å². The van der Waals surface area contributed by atoms with Gasteiger partial charge in [-0.15, -0.1) is 0 Å². The zero-order valence-corrected chi connectivity index (χ0v) is 9.94. The van der Waals surface area contributed by atoms with E-state index < -0.39 is 0 Å². The third-order valence-corrected chi connectivity index (χ3v) is 2.26. The minimum absolute atomic E-state index is 0.0315. The molecule has 0 aliphatic rings. The summed E-state index contributed by atoms with van der Waals surface area (Å²) in [6.07, 6.45) is 1.90. The van der Waals surface area contributed by atoms with Crippen molar-refractivity contribution < 1.29 is 4.79 Å². The molecule has 0 saturated heterocycles. The first-order valence-electron chi connectivity index (χ1n) is 5.70. The van der Waals surface area contributed by atoms with E-state index in [2.05, 4.69) is 18.8 Å². The van der Waals surface area contributed by atoms with Crippen LogP contribution in [0.25, 0.3) is 0 Å². The van der Waals surface area contributed by atoms with Gasteiger partial charge in [0.15, 0.2) is 0 Å². The van der Waals surface area contributed by atoms with Gasteiger partial charge >= 0.3 is 0 Å². The van der Waals surface area contributed by atoms with Crippen LogP contribution in [-0.2, 0) is 0 Å². The molecule has 4 nitrogen and oxygen atoms in total. The molecule has 0 aliphatic carbocycles. The number of nitrogen functional groups attached to an aromatic ring is 1. The van der Waals surface area contributed by atoms with Crippen LogP contribution in [0, 0.1) is 0 Å². The molecule has 0 bridgehead atoms. The second-order valence-corrected chi connectivity index (χ2v) is 3.74. The van der Waals surface area contributed by atoms with E-state index >= 15 is 0 Å². The number of rotatable bonds is 5. The van der Waals surface area contributed by atoms with Crippen molar-refractivity contribution in [1.82, 2.24) is 9.88 Å². The molecular formula is C12H19N3O. The van der Waals surface area contributed by atoms with Gasteiger partial charge in [-0.2, -0.15) is 0 Å². The fourth-order valence-electron chi connectivity index (χ4n) is 1.59. The Morgan fingerprint density at radius 3 is 2.44 bits per heavy atom. The molecule has 1 rings (SSSR count). The second kappa shape index (κ2) is 6.10. The normalized spacial score (nSPS) is 10.1. The largest absolute Gasteiger partial charge is 0.384 e. The summed E-state index contributed by atoms with van der Waals surface area (Å²) in [6, 6.07) is 5.14. The highest BCUT2D eigenvalue weighted by Gasteiger charge is 2.15. The summed E-state index contributed by atoms with van der Waals surface area (Å²) < 4.78 is 0. The Morgan fingerprint density at radius 1 is 1.31 bits per heavy atom. The quantitative estimate of drug-likeness (QED) is 0.826. The number of anilines is 1. The van der Waals surface area contributed by atoms with Crippen LogP contribution in [-0.4, -0.2) is 28.9 Å². The number of hydrogen-bond donors (Lipinski definition) is 1. The van der Waals surface area contributed by atoms with Gasteiger partial charge in [-0.1, -0.05) is 19.9 Å². The predicted octanol–water partition coefficient (Wildman–Crippen LogP) is 1.93. The van der Waals surface area contributed by atoms with Crippen molar-refractivity contribution in [2.24, 2.45) is 0 Å². The second-order valence-electron chi connectivity index (χ2n) is 3.74. The average molecular weight is 221 g/mol. The molecule has 0 radical (unpaired) electrons. The van der Waals surface area contributed by atoms with Crippen LogP contribution in [0.2, 0.25) is 0 Å². The molecule has 1 amide bonds. The molecule has 1 aromatic rings. The molecular weight excluding hydrogens is 202 g/mol. The summed E-state index contributed by atoms with van der Waals surface area (Å²) in [6.45, 7) is 5.65. The standard InChI is InChI=1S/C12H19N3O/c1-3-8-15(9-4-2)12(16)10-6-5-7-11(13)14-10/h5-7H,3-4,8-9H2,1-2H3,(H2,13,14). The lowest BCUT2D eigenvalue weighted by atomic mass is 10.2. The summed E-state index contributed by atoms with van der Waals surface area (Å²) in [4.78, 5) is 18.0. The number of hydrogen-bond acceptors (Lipinski definition) is 3. The van der Waals surface area contributed by atoms with Crippen molar-refractivity contribution in [3.63, 3.8) is 0 Å². The Kier molecular flexibility index (Phi) is 4.76. The van der Waals surface area contributed by atoms with Crippen LogP contribution in [0.3, 0.4) is 0 Å². The lowest BCUT2D eigenvalue weighted by Gasteiger charge is -2.20. The van der Waals surface area contributed by atoms with Crippen LogP contribution in [0.15, 0.2) is 18.2 Å². The topological polar surface area (TPSA) is 59.2 Å². The van der Waals surface area contributed by atoms with Gasteiger partial charge in [-0.05, 0) is 25.0 Å². The zero-order valence-electron chi connectivity index (χ0n) is 9.94. The van der Waals surface area contributed by atoms with Crippen LogP contribution in [0.5, 0.6) is 0 Å². The Labute approximate surface area is 96.5 Å². The van der Waals surface area contributed by atoms with Gasteiger partial charge in [0, 0.05) is 13.1 Å². The Hall–Kier alpha value is -1.58. The molecule has 0 aromatic carbocycles. The minimum Gasteiger partial charge on any atom is -0.384 e. The van der Waals surface area contributed by atoms with Gasteiger partial charge in [0.2, 0.25) is 0 Å². The summed E-state index contributed by atoms with van der Waals surface area (Å²) >= 11 is 0. The van der Waals surface area contributed by atoms with E-state index in [1.54, 1.807) is 18.2 Å². The van der Waals surface area contributed by atoms with Gasteiger partial charge in [0.25, 0.3) is 5.91 Å². The summed E-state index contributed by atoms with van der Waals surface area (Å²) in [5.74, 6) is 0.356. The van der Waals surface area contributed by atoms with Gasteiger partial charge in [0.05, 0.1) is 0 Å². The predicted molar refractivity (Wildman–Crippen MR) is 65.1 cm³/mol. The van der Waals surface area contributed by atoms with Crippen molar-refractivity contribution in [3.05, 3.63) is 23.9 Å². The molecule has 0 atom stereocenters. The molecule has 0 aliphatic heterocycles. The molecule has 0 spiro atoms. The SMILES string of the molecule is CCCN(CCC)C(=O)c1cccc(N)n1. The summed E-state index contributed by atoms with van der Waals surface area (Å²) in [5, 5.41) is 0. The maximum Gasteiger partial charge on any atom is 0.272 e. The molecule has 1 aromatic heterocycles. The van der Waals surface area contributed by atoms with Crippen molar-refractivity contribution in [2.45, 2.75) is 26.7 Å². The van der Waals surface area contributed by atoms with E-state index in [4.69, 9.17) is 5.73 Å². The average Bonchev–Trinajstić information content (AvgIpc) is 2.28. The third-order valence-electron chi connectivity index (χ3n) is 2.26. The number of nitrogens with two attached hydrogens (primary N) is 1. The first-order valence-corrected chi connectivity index (χ1v) is 5.70. The molecule has 4 heteroatoms. The Balaban J connectivity index is 2.81. The van der Waals surface area contributed by atoms with Crippen LogP contribution in [0.4, 0.5) is 5.82 Å². The number of amides is 1. The third kappa shape index (κ3) is 3.22. The highest BCUT2D eigenvalue weighted by atomic mass is 16.2. The van der Waals surface area contributed by atoms with Gasteiger partial charge in [-0.3, -0.25) is 4.79 Å². The van der Waals surface area contributed by atoms with Crippen molar-refractivity contribution in [3.8, 4) is 0 Å². The van der Waals surface area contributed by atoms with Gasteiger partial charge < -0.3 is 10.6 Å². The van der Waals surface area contributed by atoms with E-state index in [9.17, 15) is 4.79 Å². The number of pyridine rings is 1. The number of carbonyl (C=O) groups excluding carboxylic acids is 1. The maximum absolute atomic E-state index is 12.1. The van der Waals surface area contributed by atoms with Crippen LogP contribution < -0.4 is 5.73 Å². The molecule has 0 unspecified atom stereocenters.